The molecular formula is C18H30N2O2. The molecule has 1 aliphatic rings. The average molecular weight is 306 g/mol. The lowest BCUT2D eigenvalue weighted by Gasteiger charge is -2.19. The molecule has 1 aliphatic heterocycles. The molecule has 0 aliphatic carbocycles. The Hall–Kier alpha value is -1.26. The molecule has 0 radical (unpaired) electrons. The van der Waals surface area contributed by atoms with Gasteiger partial charge in [-0.2, -0.15) is 0 Å². The monoisotopic (exact) mass is 306 g/mol. The van der Waals surface area contributed by atoms with E-state index in [1.54, 1.807) is 7.11 Å². The van der Waals surface area contributed by atoms with Crippen LogP contribution in [0.25, 0.3) is 0 Å². The summed E-state index contributed by atoms with van der Waals surface area (Å²) in [6.45, 7) is 8.70. The van der Waals surface area contributed by atoms with Gasteiger partial charge >= 0.3 is 0 Å². The lowest BCUT2D eigenvalue weighted by molar-refractivity contribution is 0.288. The lowest BCUT2D eigenvalue weighted by Crippen LogP contribution is -2.29. The number of rotatable bonds is 8. The number of benzene rings is 1. The molecule has 0 saturated carbocycles. The molecule has 0 aromatic heterocycles. The minimum atomic E-state index is 0.735. The van der Waals surface area contributed by atoms with E-state index in [9.17, 15) is 0 Å². The van der Waals surface area contributed by atoms with Crippen LogP contribution in [0.15, 0.2) is 18.2 Å². The molecule has 1 aromatic rings. The lowest BCUT2D eigenvalue weighted by atomic mass is 10.1. The van der Waals surface area contributed by atoms with Gasteiger partial charge in [0.15, 0.2) is 11.5 Å². The summed E-state index contributed by atoms with van der Waals surface area (Å²) < 4.78 is 11.2. The fraction of sp³-hybridized carbons (Fsp3) is 0.667. The summed E-state index contributed by atoms with van der Waals surface area (Å²) in [5.41, 5.74) is 1.33. The zero-order valence-corrected chi connectivity index (χ0v) is 14.1. The minimum Gasteiger partial charge on any atom is -0.493 e. The van der Waals surface area contributed by atoms with Gasteiger partial charge in [-0.15, -0.1) is 0 Å². The molecule has 1 fully saturated rings. The van der Waals surface area contributed by atoms with Gasteiger partial charge in [-0.1, -0.05) is 13.0 Å². The summed E-state index contributed by atoms with van der Waals surface area (Å²) in [6, 6.07) is 6.33. The van der Waals surface area contributed by atoms with E-state index in [4.69, 9.17) is 9.47 Å². The fourth-order valence-electron chi connectivity index (χ4n) is 2.83. The molecule has 0 spiro atoms. The van der Waals surface area contributed by atoms with Crippen LogP contribution in [0.2, 0.25) is 0 Å². The zero-order chi connectivity index (χ0) is 15.6. The molecule has 124 valence electrons. The van der Waals surface area contributed by atoms with Gasteiger partial charge in [-0.25, -0.2) is 0 Å². The van der Waals surface area contributed by atoms with Crippen LogP contribution in [0, 0.1) is 0 Å². The third-order valence-electron chi connectivity index (χ3n) is 4.06. The van der Waals surface area contributed by atoms with E-state index in [0.717, 1.165) is 44.0 Å². The second kappa shape index (κ2) is 9.70. The minimum absolute atomic E-state index is 0.735. The largest absolute Gasteiger partial charge is 0.493 e. The van der Waals surface area contributed by atoms with Crippen molar-refractivity contribution in [1.82, 2.24) is 10.2 Å². The Morgan fingerprint density at radius 3 is 2.91 bits per heavy atom. The molecule has 2 rings (SSSR count). The van der Waals surface area contributed by atoms with E-state index in [0.29, 0.717) is 0 Å². The maximum atomic E-state index is 5.71. The molecule has 1 heterocycles. The SMILES string of the molecule is CCCOc1ccc(CCCN2CCCNCC2)cc1OC. The molecule has 1 aromatic carbocycles. The van der Waals surface area contributed by atoms with Crippen molar-refractivity contribution in [2.45, 2.75) is 32.6 Å². The van der Waals surface area contributed by atoms with Crippen LogP contribution >= 0.6 is 0 Å². The van der Waals surface area contributed by atoms with Gasteiger partial charge < -0.3 is 19.7 Å². The predicted octanol–water partition coefficient (Wildman–Crippen LogP) is 2.71. The molecule has 0 atom stereocenters. The van der Waals surface area contributed by atoms with Gasteiger partial charge in [0.2, 0.25) is 0 Å². The Kier molecular flexibility index (Phi) is 7.54. The number of methoxy groups -OCH3 is 1. The Bertz CT molecular complexity index is 429. The summed E-state index contributed by atoms with van der Waals surface area (Å²) in [5, 5.41) is 3.45. The van der Waals surface area contributed by atoms with Crippen molar-refractivity contribution in [2.75, 3.05) is 46.4 Å². The highest BCUT2D eigenvalue weighted by Crippen LogP contribution is 2.28. The number of nitrogens with one attached hydrogen (secondary N) is 1. The van der Waals surface area contributed by atoms with Gasteiger partial charge in [-0.05, 0) is 63.0 Å². The van der Waals surface area contributed by atoms with E-state index >= 15 is 0 Å². The molecular weight excluding hydrogens is 276 g/mol. The Labute approximate surface area is 134 Å². The molecule has 0 bridgehead atoms. The second-order valence-corrected chi connectivity index (χ2v) is 5.88. The van der Waals surface area contributed by atoms with Crippen LogP contribution in [-0.2, 0) is 6.42 Å². The summed E-state index contributed by atoms with van der Waals surface area (Å²) in [7, 11) is 1.71. The van der Waals surface area contributed by atoms with Crippen LogP contribution in [0.4, 0.5) is 0 Å². The number of aryl methyl sites for hydroxylation is 1. The average Bonchev–Trinajstić information content (AvgIpc) is 2.82. The first-order valence-corrected chi connectivity index (χ1v) is 8.56. The van der Waals surface area contributed by atoms with E-state index in [1.165, 1.54) is 38.0 Å². The summed E-state index contributed by atoms with van der Waals surface area (Å²) >= 11 is 0. The zero-order valence-electron chi connectivity index (χ0n) is 14.1. The van der Waals surface area contributed by atoms with E-state index in [1.807, 2.05) is 6.07 Å². The first kappa shape index (κ1) is 17.1. The fourth-order valence-corrected chi connectivity index (χ4v) is 2.83. The van der Waals surface area contributed by atoms with Gasteiger partial charge in [0.05, 0.1) is 13.7 Å². The van der Waals surface area contributed by atoms with Crippen LogP contribution in [0.1, 0.15) is 31.7 Å². The Morgan fingerprint density at radius 2 is 2.09 bits per heavy atom. The summed E-state index contributed by atoms with van der Waals surface area (Å²) in [5.74, 6) is 1.71. The predicted molar refractivity (Wildman–Crippen MR) is 91.0 cm³/mol. The molecule has 4 heteroatoms. The maximum absolute atomic E-state index is 5.71. The Balaban J connectivity index is 1.81. The van der Waals surface area contributed by atoms with Crippen molar-refractivity contribution in [3.05, 3.63) is 23.8 Å². The van der Waals surface area contributed by atoms with Crippen LogP contribution in [0.3, 0.4) is 0 Å². The highest BCUT2D eigenvalue weighted by Gasteiger charge is 2.09. The van der Waals surface area contributed by atoms with Crippen molar-refractivity contribution < 1.29 is 9.47 Å². The normalized spacial score (nSPS) is 16.3. The molecule has 0 unspecified atom stereocenters. The third kappa shape index (κ3) is 5.50. The van der Waals surface area contributed by atoms with Crippen LogP contribution in [-0.4, -0.2) is 51.3 Å². The standard InChI is InChI=1S/C18H30N2O2/c1-3-14-22-17-8-7-16(15-18(17)21-2)6-4-11-20-12-5-9-19-10-13-20/h7-8,15,19H,3-6,9-14H2,1-2H3. The topological polar surface area (TPSA) is 33.7 Å². The van der Waals surface area contributed by atoms with E-state index in [2.05, 4.69) is 29.3 Å². The third-order valence-corrected chi connectivity index (χ3v) is 4.06. The van der Waals surface area contributed by atoms with Crippen LogP contribution < -0.4 is 14.8 Å². The van der Waals surface area contributed by atoms with Crippen LogP contribution in [0.5, 0.6) is 11.5 Å². The van der Waals surface area contributed by atoms with Gasteiger partial charge in [-0.3, -0.25) is 0 Å². The van der Waals surface area contributed by atoms with Crippen molar-refractivity contribution in [3.8, 4) is 11.5 Å². The van der Waals surface area contributed by atoms with E-state index < -0.39 is 0 Å². The quantitative estimate of drug-likeness (QED) is 0.801. The molecule has 1 saturated heterocycles. The summed E-state index contributed by atoms with van der Waals surface area (Å²) in [6.07, 6.45) is 4.56. The Morgan fingerprint density at radius 1 is 1.18 bits per heavy atom. The molecule has 1 N–H and O–H groups in total. The second-order valence-electron chi connectivity index (χ2n) is 5.88. The molecule has 4 nitrogen and oxygen atoms in total. The molecule has 0 amide bonds. The number of nitrogens with zero attached hydrogens (tertiary/aromatic N) is 1. The van der Waals surface area contributed by atoms with Crippen molar-refractivity contribution >= 4 is 0 Å². The smallest absolute Gasteiger partial charge is 0.161 e. The highest BCUT2D eigenvalue weighted by atomic mass is 16.5. The van der Waals surface area contributed by atoms with Crippen molar-refractivity contribution in [2.24, 2.45) is 0 Å². The van der Waals surface area contributed by atoms with Gasteiger partial charge in [0.1, 0.15) is 0 Å². The molecule has 22 heavy (non-hydrogen) atoms. The summed E-state index contributed by atoms with van der Waals surface area (Å²) in [4.78, 5) is 2.57. The van der Waals surface area contributed by atoms with E-state index in [-0.39, 0.29) is 0 Å². The number of hydrogen-bond acceptors (Lipinski definition) is 4. The first-order chi connectivity index (χ1) is 10.8. The number of ether oxygens (including phenoxy) is 2. The number of hydrogen-bond donors (Lipinski definition) is 1. The first-order valence-electron chi connectivity index (χ1n) is 8.56. The van der Waals surface area contributed by atoms with Crippen molar-refractivity contribution in [1.29, 1.82) is 0 Å². The highest BCUT2D eigenvalue weighted by molar-refractivity contribution is 5.43. The maximum Gasteiger partial charge on any atom is 0.161 e. The van der Waals surface area contributed by atoms with Crippen molar-refractivity contribution in [3.63, 3.8) is 0 Å². The van der Waals surface area contributed by atoms with Gasteiger partial charge in [0.25, 0.3) is 0 Å². The van der Waals surface area contributed by atoms with Gasteiger partial charge in [0, 0.05) is 13.1 Å².